The number of rotatable bonds is 1. The van der Waals surface area contributed by atoms with Crippen LogP contribution in [0.2, 0.25) is 5.02 Å². The number of halogens is 2. The topological polar surface area (TPSA) is 69.7 Å². The van der Waals surface area contributed by atoms with Gasteiger partial charge in [-0.15, -0.1) is 0 Å². The molecule has 0 aromatic heterocycles. The van der Waals surface area contributed by atoms with Crippen LogP contribution >= 0.6 is 11.6 Å². The molecule has 0 aliphatic carbocycles. The Morgan fingerprint density at radius 2 is 1.96 bits per heavy atom. The molecule has 2 fully saturated rings. The zero-order chi connectivity index (χ0) is 16.8. The predicted molar refractivity (Wildman–Crippen MR) is 80.6 cm³/mol. The van der Waals surface area contributed by atoms with Gasteiger partial charge in [-0.25, -0.2) is 9.18 Å². The highest BCUT2D eigenvalue weighted by atomic mass is 35.5. The van der Waals surface area contributed by atoms with Gasteiger partial charge < -0.3 is 10.2 Å². The Morgan fingerprint density at radius 1 is 1.30 bits per heavy atom. The highest BCUT2D eigenvalue weighted by Gasteiger charge is 2.51. The van der Waals surface area contributed by atoms with Crippen molar-refractivity contribution < 1.29 is 18.8 Å². The molecule has 0 unspecified atom stereocenters. The van der Waals surface area contributed by atoms with Crippen molar-refractivity contribution in [1.29, 1.82) is 0 Å². The quantitative estimate of drug-likeness (QED) is 0.791. The molecule has 6 nitrogen and oxygen atoms in total. The molecule has 0 radical (unpaired) electrons. The van der Waals surface area contributed by atoms with Gasteiger partial charge >= 0.3 is 6.03 Å². The number of hydrogen-bond donors (Lipinski definition) is 1. The molecule has 1 aromatic rings. The average Bonchev–Trinajstić information content (AvgIpc) is 2.72. The summed E-state index contributed by atoms with van der Waals surface area (Å²) in [5.74, 6) is -1.47. The molecule has 1 aromatic carbocycles. The fourth-order valence-corrected chi connectivity index (χ4v) is 3.29. The van der Waals surface area contributed by atoms with Crippen LogP contribution in [-0.2, 0) is 4.79 Å². The number of benzene rings is 1. The van der Waals surface area contributed by atoms with Gasteiger partial charge in [0.15, 0.2) is 0 Å². The Kier molecular flexibility index (Phi) is 3.75. The van der Waals surface area contributed by atoms with Crippen LogP contribution in [0.3, 0.4) is 0 Å². The first-order chi connectivity index (χ1) is 10.9. The van der Waals surface area contributed by atoms with Crippen molar-refractivity contribution >= 4 is 29.4 Å². The lowest BCUT2D eigenvalue weighted by Gasteiger charge is -2.37. The number of likely N-dealkylation sites (tertiary alicyclic amines) is 1. The normalized spacial score (nSPS) is 20.1. The van der Waals surface area contributed by atoms with Gasteiger partial charge in [-0.1, -0.05) is 17.7 Å². The van der Waals surface area contributed by atoms with Crippen molar-refractivity contribution in [3.8, 4) is 0 Å². The van der Waals surface area contributed by atoms with Crippen LogP contribution in [0.5, 0.6) is 0 Å². The van der Waals surface area contributed by atoms with Crippen molar-refractivity contribution in [3.05, 3.63) is 34.6 Å². The summed E-state index contributed by atoms with van der Waals surface area (Å²) < 4.78 is 13.9. The lowest BCUT2D eigenvalue weighted by molar-refractivity contribution is -0.131. The second-order valence-electron chi connectivity index (χ2n) is 5.77. The number of urea groups is 1. The molecule has 0 atom stereocenters. The van der Waals surface area contributed by atoms with Gasteiger partial charge in [0, 0.05) is 20.1 Å². The fourth-order valence-electron chi connectivity index (χ4n) is 3.05. The number of piperidine rings is 1. The zero-order valence-corrected chi connectivity index (χ0v) is 13.2. The van der Waals surface area contributed by atoms with E-state index in [0.717, 1.165) is 4.90 Å². The Labute approximate surface area is 137 Å². The first-order valence-corrected chi connectivity index (χ1v) is 7.57. The van der Waals surface area contributed by atoms with Crippen molar-refractivity contribution in [2.75, 3.05) is 20.1 Å². The molecule has 4 amide bonds. The molecule has 2 aliphatic heterocycles. The SMILES string of the molecule is CN1C(=O)NC2(CCN(C(=O)c3c(F)cccc3Cl)CC2)C1=O. The molecule has 8 heteroatoms. The van der Waals surface area contributed by atoms with Crippen LogP contribution in [0.1, 0.15) is 23.2 Å². The highest BCUT2D eigenvalue weighted by molar-refractivity contribution is 6.33. The molecule has 2 saturated heterocycles. The fraction of sp³-hybridized carbons (Fsp3) is 0.400. The summed E-state index contributed by atoms with van der Waals surface area (Å²) in [5, 5.41) is 2.75. The van der Waals surface area contributed by atoms with Crippen molar-refractivity contribution in [3.63, 3.8) is 0 Å². The third kappa shape index (κ3) is 2.45. The number of nitrogens with zero attached hydrogens (tertiary/aromatic N) is 2. The number of imide groups is 1. The Hall–Kier alpha value is -2.15. The average molecular weight is 340 g/mol. The van der Waals surface area contributed by atoms with Crippen LogP contribution in [0, 0.1) is 5.82 Å². The summed E-state index contributed by atoms with van der Waals surface area (Å²) in [5.41, 5.74) is -1.12. The molecule has 2 aliphatic rings. The number of nitrogens with one attached hydrogen (secondary N) is 1. The second kappa shape index (κ2) is 5.49. The molecular formula is C15H15ClFN3O3. The summed E-state index contributed by atoms with van der Waals surface area (Å²) in [6.45, 7) is 0.479. The second-order valence-corrected chi connectivity index (χ2v) is 6.17. The minimum atomic E-state index is -0.957. The van der Waals surface area contributed by atoms with Gasteiger partial charge in [0.25, 0.3) is 11.8 Å². The molecule has 23 heavy (non-hydrogen) atoms. The van der Waals surface area contributed by atoms with E-state index in [4.69, 9.17) is 11.6 Å². The highest BCUT2D eigenvalue weighted by Crippen LogP contribution is 2.30. The third-order valence-electron chi connectivity index (χ3n) is 4.45. The summed E-state index contributed by atoms with van der Waals surface area (Å²) in [4.78, 5) is 38.8. The zero-order valence-electron chi connectivity index (χ0n) is 12.4. The van der Waals surface area contributed by atoms with E-state index < -0.39 is 23.3 Å². The minimum Gasteiger partial charge on any atom is -0.338 e. The predicted octanol–water partition coefficient (Wildman–Crippen LogP) is 1.64. The van der Waals surface area contributed by atoms with Gasteiger partial charge in [-0.05, 0) is 25.0 Å². The lowest BCUT2D eigenvalue weighted by Crippen LogP contribution is -2.55. The van der Waals surface area contributed by atoms with Crippen molar-refractivity contribution in [2.45, 2.75) is 18.4 Å². The van der Waals surface area contributed by atoms with E-state index >= 15 is 0 Å². The molecule has 0 bridgehead atoms. The van der Waals surface area contributed by atoms with Gasteiger partial charge in [0.1, 0.15) is 11.4 Å². The van der Waals surface area contributed by atoms with Crippen molar-refractivity contribution in [1.82, 2.24) is 15.1 Å². The number of carbonyl (C=O) groups is 3. The smallest absolute Gasteiger partial charge is 0.324 e. The van der Waals surface area contributed by atoms with Gasteiger partial charge in [-0.2, -0.15) is 0 Å². The standard InChI is InChI=1S/C15H15ClFN3O3/c1-19-13(22)15(18-14(19)23)5-7-20(8-6-15)12(21)11-9(16)3-2-4-10(11)17/h2-4H,5-8H2,1H3,(H,18,23). The van der Waals surface area contributed by atoms with Crippen LogP contribution in [0.25, 0.3) is 0 Å². The van der Waals surface area contributed by atoms with Crippen LogP contribution < -0.4 is 5.32 Å². The molecule has 3 rings (SSSR count). The van der Waals surface area contributed by atoms with Crippen LogP contribution in [0.4, 0.5) is 9.18 Å². The number of amides is 4. The molecule has 0 saturated carbocycles. The number of carbonyl (C=O) groups excluding carboxylic acids is 3. The maximum absolute atomic E-state index is 13.9. The molecule has 2 heterocycles. The minimum absolute atomic E-state index is 0.0558. The lowest BCUT2D eigenvalue weighted by atomic mass is 9.87. The van der Waals surface area contributed by atoms with Crippen molar-refractivity contribution in [2.24, 2.45) is 0 Å². The van der Waals surface area contributed by atoms with E-state index in [9.17, 15) is 18.8 Å². The van der Waals surface area contributed by atoms with E-state index in [1.165, 1.54) is 30.1 Å². The maximum atomic E-state index is 13.9. The Morgan fingerprint density at radius 3 is 2.48 bits per heavy atom. The number of likely N-dealkylation sites (N-methyl/N-ethyl adjacent to an activating group) is 1. The van der Waals surface area contributed by atoms with Gasteiger partial charge in [0.2, 0.25) is 0 Å². The van der Waals surface area contributed by atoms with E-state index in [2.05, 4.69) is 5.32 Å². The van der Waals surface area contributed by atoms with Gasteiger partial charge in [-0.3, -0.25) is 14.5 Å². The first-order valence-electron chi connectivity index (χ1n) is 7.19. The summed E-state index contributed by atoms with van der Waals surface area (Å²) in [6.07, 6.45) is 0.583. The van der Waals surface area contributed by atoms with Crippen LogP contribution in [-0.4, -0.2) is 53.3 Å². The molecule has 122 valence electrons. The van der Waals surface area contributed by atoms with E-state index in [1.807, 2.05) is 0 Å². The van der Waals surface area contributed by atoms with E-state index in [1.54, 1.807) is 0 Å². The van der Waals surface area contributed by atoms with E-state index in [-0.39, 0.29) is 29.6 Å². The summed E-state index contributed by atoms with van der Waals surface area (Å²) in [7, 11) is 1.42. The largest absolute Gasteiger partial charge is 0.338 e. The Bertz CT molecular complexity index is 681. The number of hydrogen-bond acceptors (Lipinski definition) is 3. The molecule has 1 spiro atoms. The first kappa shape index (κ1) is 15.7. The monoisotopic (exact) mass is 339 g/mol. The Balaban J connectivity index is 1.76. The summed E-state index contributed by atoms with van der Waals surface area (Å²) >= 11 is 5.92. The third-order valence-corrected chi connectivity index (χ3v) is 4.76. The molecule has 1 N–H and O–H groups in total. The van der Waals surface area contributed by atoms with Gasteiger partial charge in [0.05, 0.1) is 10.6 Å². The molecular weight excluding hydrogens is 325 g/mol. The maximum Gasteiger partial charge on any atom is 0.324 e. The van der Waals surface area contributed by atoms with Crippen LogP contribution in [0.15, 0.2) is 18.2 Å². The van der Waals surface area contributed by atoms with E-state index in [0.29, 0.717) is 12.8 Å². The summed E-state index contributed by atoms with van der Waals surface area (Å²) in [6, 6.07) is 3.63.